The topological polar surface area (TPSA) is 108 Å². The van der Waals surface area contributed by atoms with E-state index in [9.17, 15) is 19.0 Å². The lowest BCUT2D eigenvalue weighted by Gasteiger charge is -2.24. The molecular formula is C51H91NO8P+. The summed E-state index contributed by atoms with van der Waals surface area (Å²) < 4.78 is 34.3. The van der Waals surface area contributed by atoms with Gasteiger partial charge >= 0.3 is 19.8 Å². The molecule has 0 amide bonds. The van der Waals surface area contributed by atoms with E-state index in [1.165, 1.54) is 57.8 Å². The Balaban J connectivity index is 4.30. The number of nitrogens with zero attached hydrogens (tertiary/aromatic N) is 1. The van der Waals surface area contributed by atoms with Crippen LogP contribution in [0.4, 0.5) is 0 Å². The van der Waals surface area contributed by atoms with Gasteiger partial charge in [0.25, 0.3) is 0 Å². The Bertz CT molecular complexity index is 1270. The molecule has 9 nitrogen and oxygen atoms in total. The highest BCUT2D eigenvalue weighted by atomic mass is 31.2. The first-order valence-electron chi connectivity index (χ1n) is 24.2. The lowest BCUT2D eigenvalue weighted by atomic mass is 10.0. The largest absolute Gasteiger partial charge is 0.472 e. The molecule has 0 radical (unpaired) electrons. The molecule has 0 rings (SSSR count). The van der Waals surface area contributed by atoms with Gasteiger partial charge in [-0.3, -0.25) is 18.6 Å². The molecule has 0 spiro atoms. The fourth-order valence-electron chi connectivity index (χ4n) is 6.25. The fourth-order valence-corrected chi connectivity index (χ4v) is 6.99. The maximum atomic E-state index is 12.7. The molecule has 352 valence electrons. The summed E-state index contributed by atoms with van der Waals surface area (Å²) in [4.78, 5) is 35.4. The number of ether oxygens (including phenoxy) is 2. The van der Waals surface area contributed by atoms with Crippen LogP contribution in [0.1, 0.15) is 187 Å². The predicted molar refractivity (Wildman–Crippen MR) is 256 cm³/mol. The second-order valence-electron chi connectivity index (χ2n) is 17.1. The number of likely N-dealkylation sites (N-methyl/N-ethyl adjacent to an activating group) is 1. The van der Waals surface area contributed by atoms with Gasteiger partial charge in [0, 0.05) is 12.8 Å². The molecule has 0 aromatic carbocycles. The maximum Gasteiger partial charge on any atom is 0.472 e. The van der Waals surface area contributed by atoms with Gasteiger partial charge in [-0.15, -0.1) is 0 Å². The van der Waals surface area contributed by atoms with Crippen molar-refractivity contribution >= 4 is 19.8 Å². The van der Waals surface area contributed by atoms with Crippen LogP contribution in [0, 0.1) is 0 Å². The third-order valence-corrected chi connectivity index (χ3v) is 11.0. The average Bonchev–Trinajstić information content (AvgIpc) is 3.21. The van der Waals surface area contributed by atoms with E-state index in [-0.39, 0.29) is 32.0 Å². The summed E-state index contributed by atoms with van der Waals surface area (Å²) in [6.45, 7) is 4.28. The SMILES string of the molecule is CC/C=C\C/C=C\C/C=C\C/C=C\C/C=C\C/C=C\CCCCCCCCC(=O)OC(COC(=O)CCCCCCCCCCCCCC)COP(=O)(O)OCC[N+](C)(C)C. The first kappa shape index (κ1) is 58.5. The Morgan fingerprint density at radius 1 is 0.525 bits per heavy atom. The second-order valence-corrected chi connectivity index (χ2v) is 18.6. The van der Waals surface area contributed by atoms with Gasteiger partial charge in [0.2, 0.25) is 0 Å². The van der Waals surface area contributed by atoms with E-state index in [4.69, 9.17) is 18.5 Å². The van der Waals surface area contributed by atoms with Crippen molar-refractivity contribution in [3.63, 3.8) is 0 Å². The summed E-state index contributed by atoms with van der Waals surface area (Å²) in [5.41, 5.74) is 0. The number of phosphoric acid groups is 1. The third kappa shape index (κ3) is 46.8. The van der Waals surface area contributed by atoms with E-state index in [1.54, 1.807) is 0 Å². The number of allylic oxidation sites excluding steroid dienone is 12. The lowest BCUT2D eigenvalue weighted by Crippen LogP contribution is -2.37. The van der Waals surface area contributed by atoms with Crippen LogP contribution < -0.4 is 0 Å². The van der Waals surface area contributed by atoms with E-state index < -0.39 is 26.5 Å². The molecule has 0 fully saturated rings. The van der Waals surface area contributed by atoms with Crippen LogP contribution in [0.3, 0.4) is 0 Å². The number of unbranched alkanes of at least 4 members (excludes halogenated alkanes) is 17. The molecule has 1 N–H and O–H groups in total. The first-order chi connectivity index (χ1) is 29.5. The van der Waals surface area contributed by atoms with Gasteiger partial charge in [-0.2, -0.15) is 0 Å². The van der Waals surface area contributed by atoms with Gasteiger partial charge in [-0.05, 0) is 64.2 Å². The van der Waals surface area contributed by atoms with Crippen LogP contribution in [-0.2, 0) is 32.7 Å². The Labute approximate surface area is 374 Å². The summed E-state index contributed by atoms with van der Waals surface area (Å²) in [6, 6.07) is 0. The van der Waals surface area contributed by atoms with Crippen LogP contribution >= 0.6 is 7.82 Å². The third-order valence-electron chi connectivity index (χ3n) is 10.0. The lowest BCUT2D eigenvalue weighted by molar-refractivity contribution is -0.870. The summed E-state index contributed by atoms with van der Waals surface area (Å²) in [6.07, 6.45) is 53.8. The Hall–Kier alpha value is -2.55. The van der Waals surface area contributed by atoms with Crippen LogP contribution in [-0.4, -0.2) is 74.9 Å². The molecule has 0 aromatic heterocycles. The minimum Gasteiger partial charge on any atom is -0.462 e. The van der Waals surface area contributed by atoms with Gasteiger partial charge in [0.05, 0.1) is 27.7 Å². The van der Waals surface area contributed by atoms with Crippen LogP contribution in [0.2, 0.25) is 0 Å². The van der Waals surface area contributed by atoms with Gasteiger partial charge < -0.3 is 18.9 Å². The number of carbonyl (C=O) groups is 2. The smallest absolute Gasteiger partial charge is 0.462 e. The quantitative estimate of drug-likeness (QED) is 0.0212. The molecule has 0 bridgehead atoms. The molecule has 61 heavy (non-hydrogen) atoms. The van der Waals surface area contributed by atoms with Crippen molar-refractivity contribution in [1.29, 1.82) is 0 Å². The minimum absolute atomic E-state index is 0.0261. The van der Waals surface area contributed by atoms with Gasteiger partial charge in [0.1, 0.15) is 19.8 Å². The van der Waals surface area contributed by atoms with E-state index >= 15 is 0 Å². The van der Waals surface area contributed by atoms with Crippen LogP contribution in [0.5, 0.6) is 0 Å². The van der Waals surface area contributed by atoms with Crippen molar-refractivity contribution in [3.05, 3.63) is 72.9 Å². The molecule has 10 heteroatoms. The van der Waals surface area contributed by atoms with E-state index in [0.29, 0.717) is 17.4 Å². The molecule has 2 atom stereocenters. The van der Waals surface area contributed by atoms with Crippen LogP contribution in [0.25, 0.3) is 0 Å². The number of phosphoric ester groups is 1. The molecular weight excluding hydrogens is 786 g/mol. The van der Waals surface area contributed by atoms with Crippen molar-refractivity contribution in [2.45, 2.75) is 193 Å². The van der Waals surface area contributed by atoms with Crippen LogP contribution in [0.15, 0.2) is 72.9 Å². The Kier molecular flexibility index (Phi) is 40.9. The highest BCUT2D eigenvalue weighted by Gasteiger charge is 2.27. The summed E-state index contributed by atoms with van der Waals surface area (Å²) >= 11 is 0. The molecule has 0 aliphatic rings. The molecule has 0 aliphatic heterocycles. The zero-order valence-corrected chi connectivity index (χ0v) is 40.5. The number of carbonyl (C=O) groups excluding carboxylic acids is 2. The molecule has 2 unspecified atom stereocenters. The normalized spacial score (nSPS) is 14.1. The van der Waals surface area contributed by atoms with E-state index in [2.05, 4.69) is 86.8 Å². The van der Waals surface area contributed by atoms with Gasteiger partial charge in [0.15, 0.2) is 6.10 Å². The maximum absolute atomic E-state index is 12.7. The van der Waals surface area contributed by atoms with Crippen molar-refractivity contribution in [1.82, 2.24) is 0 Å². The molecule has 0 saturated heterocycles. The Morgan fingerprint density at radius 3 is 1.39 bits per heavy atom. The summed E-state index contributed by atoms with van der Waals surface area (Å²) in [5, 5.41) is 0. The van der Waals surface area contributed by atoms with Crippen molar-refractivity contribution in [3.8, 4) is 0 Å². The highest BCUT2D eigenvalue weighted by molar-refractivity contribution is 7.47. The highest BCUT2D eigenvalue weighted by Crippen LogP contribution is 2.43. The standard InChI is InChI=1S/C51H90NO8P/c1-6-8-10-12-14-16-18-20-21-22-23-24-25-26-27-28-29-30-31-32-34-36-38-40-42-44-51(54)60-49(48-59-61(55,56)58-46-45-52(3,4)5)47-57-50(53)43-41-39-37-35-33-19-17-15-13-11-9-7-2/h8,10,14,16,20-21,23-24,26-27,29-30,49H,6-7,9,11-13,15,17-19,22,25,28,31-48H2,1-5H3/p+1/b10-8-,16-14-,21-20-,24-23-,27-26-,30-29-. The number of esters is 2. The number of hydrogen-bond acceptors (Lipinski definition) is 7. The number of quaternary nitrogens is 1. The monoisotopic (exact) mass is 877 g/mol. The number of rotatable bonds is 43. The zero-order chi connectivity index (χ0) is 45.0. The Morgan fingerprint density at radius 2 is 0.934 bits per heavy atom. The number of hydrogen-bond donors (Lipinski definition) is 1. The molecule has 0 aliphatic carbocycles. The molecule has 0 heterocycles. The van der Waals surface area contributed by atoms with Crippen molar-refractivity contribution < 1.29 is 42.1 Å². The predicted octanol–water partition coefficient (Wildman–Crippen LogP) is 14.2. The first-order valence-corrected chi connectivity index (χ1v) is 25.7. The van der Waals surface area contributed by atoms with Gasteiger partial charge in [-0.25, -0.2) is 4.57 Å². The minimum atomic E-state index is -4.38. The molecule has 0 aromatic rings. The second kappa shape index (κ2) is 42.7. The average molecular weight is 877 g/mol. The van der Waals surface area contributed by atoms with Crippen molar-refractivity contribution in [2.24, 2.45) is 0 Å². The van der Waals surface area contributed by atoms with E-state index in [0.717, 1.165) is 96.3 Å². The molecule has 0 saturated carbocycles. The fraction of sp³-hybridized carbons (Fsp3) is 0.725. The summed E-state index contributed by atoms with van der Waals surface area (Å²) in [5.74, 6) is -0.817. The van der Waals surface area contributed by atoms with Gasteiger partial charge in [-0.1, -0.05) is 183 Å². The summed E-state index contributed by atoms with van der Waals surface area (Å²) in [7, 11) is 1.46. The van der Waals surface area contributed by atoms with Crippen molar-refractivity contribution in [2.75, 3.05) is 47.5 Å². The zero-order valence-electron chi connectivity index (χ0n) is 39.6. The van der Waals surface area contributed by atoms with E-state index in [1.807, 2.05) is 21.1 Å².